The number of halogens is 2. The lowest BCUT2D eigenvalue weighted by atomic mass is 10.1. The fourth-order valence-corrected chi connectivity index (χ4v) is 2.84. The predicted octanol–water partition coefficient (Wildman–Crippen LogP) is 4.88. The van der Waals surface area contributed by atoms with Crippen LogP contribution in [0.5, 0.6) is 0 Å². The minimum absolute atomic E-state index is 0.112. The first-order valence-electron chi connectivity index (χ1n) is 4.75. The van der Waals surface area contributed by atoms with Gasteiger partial charge in [-0.25, -0.2) is 4.39 Å². The molecule has 0 atom stereocenters. The Morgan fingerprint density at radius 1 is 1.27 bits per heavy atom. The fourth-order valence-electron chi connectivity index (χ4n) is 1.46. The molecule has 0 nitrogen and oxygen atoms in total. The van der Waals surface area contributed by atoms with Crippen LogP contribution in [0.25, 0.3) is 10.4 Å². The van der Waals surface area contributed by atoms with Crippen LogP contribution in [0, 0.1) is 5.82 Å². The summed E-state index contributed by atoms with van der Waals surface area (Å²) in [5.41, 5.74) is 1.72. The van der Waals surface area contributed by atoms with Crippen LogP contribution in [0.1, 0.15) is 12.5 Å². The molecule has 0 aliphatic heterocycles. The van der Waals surface area contributed by atoms with Gasteiger partial charge in [0.25, 0.3) is 0 Å². The van der Waals surface area contributed by atoms with Gasteiger partial charge < -0.3 is 0 Å². The minimum Gasteiger partial charge on any atom is -0.207 e. The van der Waals surface area contributed by atoms with E-state index >= 15 is 0 Å². The third-order valence-electron chi connectivity index (χ3n) is 2.29. The predicted molar refractivity (Wildman–Crippen MR) is 66.8 cm³/mol. The maximum absolute atomic E-state index is 13.5. The molecule has 0 radical (unpaired) electrons. The molecule has 1 heterocycles. The summed E-state index contributed by atoms with van der Waals surface area (Å²) >= 11 is 5.01. The van der Waals surface area contributed by atoms with E-state index in [2.05, 4.69) is 15.9 Å². The standard InChI is InChI=1S/C12H10BrFS/c1-2-8-3-4-9(7-10(8)14)11-5-6-12(13)15-11/h3-7H,2H2,1H3. The average Bonchev–Trinajstić information content (AvgIpc) is 2.65. The zero-order valence-electron chi connectivity index (χ0n) is 8.26. The highest BCUT2D eigenvalue weighted by atomic mass is 79.9. The second-order valence-corrected chi connectivity index (χ2v) is 5.73. The molecule has 2 aromatic rings. The van der Waals surface area contributed by atoms with Gasteiger partial charge in [0, 0.05) is 4.88 Å². The highest BCUT2D eigenvalue weighted by molar-refractivity contribution is 9.11. The summed E-state index contributed by atoms with van der Waals surface area (Å²) in [5, 5.41) is 0. The van der Waals surface area contributed by atoms with Crippen molar-refractivity contribution in [2.75, 3.05) is 0 Å². The number of thiophene rings is 1. The fraction of sp³-hybridized carbons (Fsp3) is 0.167. The molecule has 0 unspecified atom stereocenters. The quantitative estimate of drug-likeness (QED) is 0.737. The summed E-state index contributed by atoms with van der Waals surface area (Å²) in [7, 11) is 0. The Hall–Kier alpha value is -0.670. The molecule has 0 saturated carbocycles. The maximum atomic E-state index is 13.5. The van der Waals surface area contributed by atoms with E-state index in [0.29, 0.717) is 0 Å². The van der Waals surface area contributed by atoms with E-state index in [0.717, 1.165) is 26.2 Å². The normalized spacial score (nSPS) is 10.6. The van der Waals surface area contributed by atoms with Crippen molar-refractivity contribution in [2.45, 2.75) is 13.3 Å². The zero-order chi connectivity index (χ0) is 10.8. The monoisotopic (exact) mass is 284 g/mol. The number of benzene rings is 1. The molecular weight excluding hydrogens is 275 g/mol. The Morgan fingerprint density at radius 2 is 2.07 bits per heavy atom. The van der Waals surface area contributed by atoms with E-state index in [1.165, 1.54) is 0 Å². The van der Waals surface area contributed by atoms with Gasteiger partial charge in [-0.2, -0.15) is 0 Å². The molecule has 0 spiro atoms. The van der Waals surface area contributed by atoms with Gasteiger partial charge in [-0.1, -0.05) is 19.1 Å². The average molecular weight is 285 g/mol. The highest BCUT2D eigenvalue weighted by Crippen LogP contribution is 2.31. The molecule has 3 heteroatoms. The van der Waals surface area contributed by atoms with Gasteiger partial charge in [0.1, 0.15) is 5.82 Å². The molecular formula is C12H10BrFS. The van der Waals surface area contributed by atoms with E-state index in [9.17, 15) is 4.39 Å². The summed E-state index contributed by atoms with van der Waals surface area (Å²) in [6, 6.07) is 9.41. The molecule has 0 aliphatic carbocycles. The number of hydrogen-bond donors (Lipinski definition) is 0. The van der Waals surface area contributed by atoms with Crippen LogP contribution in [0.3, 0.4) is 0 Å². The van der Waals surface area contributed by atoms with Crippen molar-refractivity contribution in [1.29, 1.82) is 0 Å². The molecule has 0 bridgehead atoms. The van der Waals surface area contributed by atoms with Crippen LogP contribution in [0.4, 0.5) is 4.39 Å². The van der Waals surface area contributed by atoms with Crippen molar-refractivity contribution in [3.05, 3.63) is 45.5 Å². The summed E-state index contributed by atoms with van der Waals surface area (Å²) in [6.45, 7) is 1.96. The highest BCUT2D eigenvalue weighted by Gasteiger charge is 2.05. The minimum atomic E-state index is -0.112. The largest absolute Gasteiger partial charge is 0.207 e. The van der Waals surface area contributed by atoms with Gasteiger partial charge in [0.15, 0.2) is 0 Å². The van der Waals surface area contributed by atoms with Crippen LogP contribution in [-0.2, 0) is 6.42 Å². The van der Waals surface area contributed by atoms with Crippen molar-refractivity contribution in [1.82, 2.24) is 0 Å². The first kappa shape index (κ1) is 10.8. The molecule has 1 aromatic carbocycles. The number of aryl methyl sites for hydroxylation is 1. The zero-order valence-corrected chi connectivity index (χ0v) is 10.7. The first-order chi connectivity index (χ1) is 7.20. The van der Waals surface area contributed by atoms with E-state index in [1.54, 1.807) is 17.4 Å². The lowest BCUT2D eigenvalue weighted by molar-refractivity contribution is 0.613. The van der Waals surface area contributed by atoms with E-state index in [-0.39, 0.29) is 5.82 Å². The maximum Gasteiger partial charge on any atom is 0.127 e. The summed E-state index contributed by atoms with van der Waals surface area (Å²) in [6.07, 6.45) is 0.736. The van der Waals surface area contributed by atoms with Crippen molar-refractivity contribution in [3.63, 3.8) is 0 Å². The van der Waals surface area contributed by atoms with E-state index in [4.69, 9.17) is 0 Å². The summed E-state index contributed by atoms with van der Waals surface area (Å²) in [4.78, 5) is 1.09. The Bertz CT molecular complexity index is 476. The molecule has 0 amide bonds. The topological polar surface area (TPSA) is 0 Å². The molecule has 15 heavy (non-hydrogen) atoms. The molecule has 0 fully saturated rings. The van der Waals surface area contributed by atoms with Crippen molar-refractivity contribution < 1.29 is 4.39 Å². The molecule has 0 N–H and O–H groups in total. The Morgan fingerprint density at radius 3 is 2.60 bits per heavy atom. The van der Waals surface area contributed by atoms with Crippen LogP contribution < -0.4 is 0 Å². The van der Waals surface area contributed by atoms with Crippen LogP contribution in [0.2, 0.25) is 0 Å². The van der Waals surface area contributed by atoms with Crippen molar-refractivity contribution in [2.24, 2.45) is 0 Å². The SMILES string of the molecule is CCc1ccc(-c2ccc(Br)s2)cc1F. The Kier molecular flexibility index (Phi) is 3.22. The summed E-state index contributed by atoms with van der Waals surface area (Å²) < 4.78 is 14.6. The van der Waals surface area contributed by atoms with E-state index in [1.807, 2.05) is 31.2 Å². The van der Waals surface area contributed by atoms with Crippen LogP contribution in [-0.4, -0.2) is 0 Å². The number of rotatable bonds is 2. The van der Waals surface area contributed by atoms with Gasteiger partial charge in [0.05, 0.1) is 3.79 Å². The van der Waals surface area contributed by atoms with Gasteiger partial charge in [-0.3, -0.25) is 0 Å². The van der Waals surface area contributed by atoms with Gasteiger partial charge in [-0.05, 0) is 51.7 Å². The second-order valence-electron chi connectivity index (χ2n) is 3.26. The second kappa shape index (κ2) is 4.45. The lowest BCUT2D eigenvalue weighted by Crippen LogP contribution is -1.87. The molecule has 2 rings (SSSR count). The molecule has 0 aliphatic rings. The van der Waals surface area contributed by atoms with Crippen molar-refractivity contribution >= 4 is 27.3 Å². The third-order valence-corrected chi connectivity index (χ3v) is 3.96. The molecule has 1 aromatic heterocycles. The Labute approximate surface area is 101 Å². The smallest absolute Gasteiger partial charge is 0.127 e. The number of hydrogen-bond acceptors (Lipinski definition) is 1. The molecule has 0 saturated heterocycles. The van der Waals surface area contributed by atoms with E-state index < -0.39 is 0 Å². The summed E-state index contributed by atoms with van der Waals surface area (Å²) in [5.74, 6) is -0.112. The molecule has 78 valence electrons. The van der Waals surface area contributed by atoms with Gasteiger partial charge in [-0.15, -0.1) is 11.3 Å². The third kappa shape index (κ3) is 2.29. The Balaban J connectivity index is 2.42. The van der Waals surface area contributed by atoms with Gasteiger partial charge in [0.2, 0.25) is 0 Å². The van der Waals surface area contributed by atoms with Crippen LogP contribution in [0.15, 0.2) is 34.1 Å². The first-order valence-corrected chi connectivity index (χ1v) is 6.36. The van der Waals surface area contributed by atoms with Crippen molar-refractivity contribution in [3.8, 4) is 10.4 Å². The van der Waals surface area contributed by atoms with Gasteiger partial charge >= 0.3 is 0 Å². The lowest BCUT2D eigenvalue weighted by Gasteiger charge is -2.02. The van der Waals surface area contributed by atoms with Crippen LogP contribution >= 0.6 is 27.3 Å².